The Morgan fingerprint density at radius 1 is 1.03 bits per heavy atom. The van der Waals surface area contributed by atoms with E-state index in [1.54, 1.807) is 12.1 Å². The van der Waals surface area contributed by atoms with Crippen LogP contribution in [0.2, 0.25) is 0 Å². The minimum absolute atomic E-state index is 0. The zero-order chi connectivity index (χ0) is 25.1. The van der Waals surface area contributed by atoms with Crippen molar-refractivity contribution in [1.29, 1.82) is 0 Å². The molecular formula is C25H33KN2O5S2. The predicted molar refractivity (Wildman–Crippen MR) is 133 cm³/mol. The van der Waals surface area contributed by atoms with Gasteiger partial charge in [0.2, 0.25) is 15.9 Å². The molecule has 0 saturated heterocycles. The largest absolute Gasteiger partial charge is 1.00 e. The molecular weight excluding hydrogens is 512 g/mol. The number of hydrogen-bond donors (Lipinski definition) is 1. The van der Waals surface area contributed by atoms with Gasteiger partial charge in [-0.15, -0.1) is 11.8 Å². The third-order valence-corrected chi connectivity index (χ3v) is 8.03. The van der Waals surface area contributed by atoms with E-state index in [0.29, 0.717) is 25.1 Å². The van der Waals surface area contributed by atoms with Crippen LogP contribution in [0.25, 0.3) is 0 Å². The van der Waals surface area contributed by atoms with Gasteiger partial charge >= 0.3 is 51.4 Å². The molecule has 0 aliphatic heterocycles. The minimum atomic E-state index is -4.01. The molecule has 0 bridgehead atoms. The molecule has 1 atom stereocenters. The summed E-state index contributed by atoms with van der Waals surface area (Å²) < 4.78 is 27.6. The van der Waals surface area contributed by atoms with Crippen molar-refractivity contribution in [1.82, 2.24) is 9.62 Å². The van der Waals surface area contributed by atoms with E-state index in [1.165, 1.54) is 23.9 Å². The van der Waals surface area contributed by atoms with Gasteiger partial charge < -0.3 is 15.2 Å². The van der Waals surface area contributed by atoms with Crippen molar-refractivity contribution in [3.8, 4) is 0 Å². The quantitative estimate of drug-likeness (QED) is 0.201. The first-order valence-electron chi connectivity index (χ1n) is 11.3. The molecule has 0 aliphatic rings. The first-order valence-corrected chi connectivity index (χ1v) is 13.8. The number of aliphatic carboxylic acids is 1. The molecule has 1 amide bonds. The van der Waals surface area contributed by atoms with E-state index in [0.717, 1.165) is 14.8 Å². The summed E-state index contributed by atoms with van der Waals surface area (Å²) in [5.74, 6) is -1.29. The first-order chi connectivity index (χ1) is 16.1. The third-order valence-electron chi connectivity index (χ3n) is 5.13. The van der Waals surface area contributed by atoms with Crippen molar-refractivity contribution in [3.63, 3.8) is 0 Å². The van der Waals surface area contributed by atoms with Crippen LogP contribution in [-0.4, -0.2) is 49.5 Å². The molecule has 186 valence electrons. The zero-order valence-electron chi connectivity index (χ0n) is 20.9. The number of rotatable bonds is 14. The van der Waals surface area contributed by atoms with Crippen LogP contribution in [0.3, 0.4) is 0 Å². The maximum absolute atomic E-state index is 13.3. The molecule has 1 N–H and O–H groups in total. The van der Waals surface area contributed by atoms with Crippen LogP contribution in [0.4, 0.5) is 0 Å². The fourth-order valence-corrected chi connectivity index (χ4v) is 5.91. The average Bonchev–Trinajstić information content (AvgIpc) is 2.79. The van der Waals surface area contributed by atoms with Gasteiger partial charge in [-0.1, -0.05) is 49.7 Å². The van der Waals surface area contributed by atoms with E-state index in [4.69, 9.17) is 0 Å². The predicted octanol–water partition coefficient (Wildman–Crippen LogP) is -0.157. The van der Waals surface area contributed by atoms with E-state index in [1.807, 2.05) is 51.1 Å². The van der Waals surface area contributed by atoms with Gasteiger partial charge in [-0.25, -0.2) is 8.42 Å². The number of thioether (sulfide) groups is 1. The summed E-state index contributed by atoms with van der Waals surface area (Å²) >= 11 is 1.44. The minimum Gasteiger partial charge on any atom is -0.548 e. The summed E-state index contributed by atoms with van der Waals surface area (Å²) in [5, 5.41) is 14.8. The third kappa shape index (κ3) is 11.0. The molecule has 0 saturated carbocycles. The van der Waals surface area contributed by atoms with E-state index in [9.17, 15) is 23.1 Å². The Hall–Kier alpha value is -0.724. The number of benzene rings is 2. The van der Waals surface area contributed by atoms with Crippen LogP contribution in [0, 0.1) is 12.8 Å². The van der Waals surface area contributed by atoms with Crippen molar-refractivity contribution < 1.29 is 74.5 Å². The SMILES string of the molecule is Cc1ccc(S(=O)(=O)N(CC(C)C)[C@@H](CCCCNC(=O)CSc2ccccc2)C(=O)[O-])cc1.[K+]. The molecule has 0 radical (unpaired) electrons. The van der Waals surface area contributed by atoms with Gasteiger partial charge in [-0.2, -0.15) is 4.31 Å². The van der Waals surface area contributed by atoms with E-state index < -0.39 is 22.0 Å². The number of carbonyl (C=O) groups excluding carboxylic acids is 2. The number of nitrogens with one attached hydrogen (secondary N) is 1. The summed E-state index contributed by atoms with van der Waals surface area (Å²) in [6.45, 7) is 6.00. The summed E-state index contributed by atoms with van der Waals surface area (Å²) in [7, 11) is -4.01. The first kappa shape index (κ1) is 32.3. The molecule has 2 rings (SSSR count). The number of hydrogen-bond acceptors (Lipinski definition) is 6. The molecule has 0 aliphatic carbocycles. The summed E-state index contributed by atoms with van der Waals surface area (Å²) in [6, 6.07) is 14.7. The van der Waals surface area contributed by atoms with Gasteiger partial charge in [0, 0.05) is 18.0 Å². The van der Waals surface area contributed by atoms with Gasteiger partial charge in [-0.05, 0) is 56.4 Å². The van der Waals surface area contributed by atoms with Crippen molar-refractivity contribution in [3.05, 3.63) is 60.2 Å². The van der Waals surface area contributed by atoms with E-state index in [2.05, 4.69) is 5.32 Å². The molecule has 7 nitrogen and oxygen atoms in total. The van der Waals surface area contributed by atoms with Gasteiger partial charge in [0.15, 0.2) is 0 Å². The smallest absolute Gasteiger partial charge is 0.548 e. The number of carbonyl (C=O) groups is 2. The molecule has 35 heavy (non-hydrogen) atoms. The standard InChI is InChI=1S/C25H34N2O5S2.K/c1-19(2)17-27(34(31,32)22-14-12-20(3)13-15-22)23(25(29)30)11-7-8-16-26-24(28)18-33-21-9-5-4-6-10-21;/h4-6,9-10,12-15,19,23H,7-8,11,16-18H2,1-3H3,(H,26,28)(H,29,30);/q;+1/p-1/t23-;/m0./s1. The number of sulfonamides is 1. The topological polar surface area (TPSA) is 107 Å². The Kier molecular flexibility index (Phi) is 14.9. The van der Waals surface area contributed by atoms with Crippen LogP contribution < -0.4 is 61.8 Å². The molecule has 0 heterocycles. The summed E-state index contributed by atoms with van der Waals surface area (Å²) in [6.07, 6.45) is 1.07. The van der Waals surface area contributed by atoms with Crippen molar-refractivity contribution in [2.24, 2.45) is 5.92 Å². The summed E-state index contributed by atoms with van der Waals surface area (Å²) in [4.78, 5) is 25.1. The van der Waals surface area contributed by atoms with E-state index >= 15 is 0 Å². The second-order valence-electron chi connectivity index (χ2n) is 8.56. The summed E-state index contributed by atoms with van der Waals surface area (Å²) in [5.41, 5.74) is 0.912. The molecule has 10 heteroatoms. The van der Waals surface area contributed by atoms with Gasteiger partial charge in [0.05, 0.1) is 22.7 Å². The molecule has 2 aromatic carbocycles. The van der Waals surface area contributed by atoms with E-state index in [-0.39, 0.29) is 81.1 Å². The Morgan fingerprint density at radius 2 is 1.66 bits per heavy atom. The second-order valence-corrected chi connectivity index (χ2v) is 11.5. The number of aryl methyl sites for hydroxylation is 1. The van der Waals surface area contributed by atoms with Crippen molar-refractivity contribution in [2.45, 2.75) is 55.9 Å². The molecule has 0 aromatic heterocycles. The molecule has 0 unspecified atom stereocenters. The fourth-order valence-electron chi connectivity index (χ4n) is 3.38. The number of amides is 1. The number of carboxylic acids is 1. The Balaban J connectivity index is 0.00000612. The number of carboxylic acid groups (broad SMARTS) is 1. The molecule has 0 fully saturated rings. The van der Waals surface area contributed by atoms with Crippen LogP contribution in [-0.2, 0) is 19.6 Å². The van der Waals surface area contributed by atoms with Crippen LogP contribution in [0.15, 0.2) is 64.4 Å². The Bertz CT molecular complexity index is 1030. The second kappa shape index (κ2) is 16.2. The fraction of sp³-hybridized carbons (Fsp3) is 0.440. The van der Waals surface area contributed by atoms with Gasteiger partial charge in [0.25, 0.3) is 0 Å². The number of unbranched alkanes of at least 4 members (excludes halogenated alkanes) is 1. The van der Waals surface area contributed by atoms with Crippen molar-refractivity contribution >= 4 is 33.7 Å². The maximum atomic E-state index is 13.3. The monoisotopic (exact) mass is 544 g/mol. The van der Waals surface area contributed by atoms with Crippen LogP contribution >= 0.6 is 11.8 Å². The maximum Gasteiger partial charge on any atom is 1.00 e. The van der Waals surface area contributed by atoms with Gasteiger partial charge in [-0.3, -0.25) is 4.79 Å². The van der Waals surface area contributed by atoms with Gasteiger partial charge in [0.1, 0.15) is 0 Å². The normalized spacial score (nSPS) is 12.3. The van der Waals surface area contributed by atoms with Crippen molar-refractivity contribution in [2.75, 3.05) is 18.8 Å². The Morgan fingerprint density at radius 3 is 2.23 bits per heavy atom. The molecule has 2 aromatic rings. The van der Waals surface area contributed by atoms with Crippen LogP contribution in [0.1, 0.15) is 38.7 Å². The Labute approximate surface area is 255 Å². The average molecular weight is 545 g/mol. The number of nitrogens with zero attached hydrogens (tertiary/aromatic N) is 1. The van der Waals surface area contributed by atoms with Crippen LogP contribution in [0.5, 0.6) is 0 Å². The molecule has 0 spiro atoms. The zero-order valence-corrected chi connectivity index (χ0v) is 25.7.